The number of halogens is 3. The zero-order valence-corrected chi connectivity index (χ0v) is 32.4. The minimum Gasteiger partial charge on any atom is -0.329 e. The van der Waals surface area contributed by atoms with Crippen LogP contribution in [-0.4, -0.2) is 50.0 Å². The van der Waals surface area contributed by atoms with Crippen molar-refractivity contribution < 1.29 is 13.6 Å². The number of carbonyl (C=O) groups is 1. The SMILES string of the molecule is Cc1c(F)cccc1Cc1c(C2(c3c(Cc4cccc(F)c4C)n(-c4ccccc4)c4ccncc34)CNCCN2C=O)c2cnccc2n1-c1ccccc1.Cl. The van der Waals surface area contributed by atoms with Crippen LogP contribution in [-0.2, 0) is 23.2 Å². The molecule has 7 nitrogen and oxygen atoms in total. The van der Waals surface area contributed by atoms with E-state index >= 15 is 8.78 Å². The van der Waals surface area contributed by atoms with Gasteiger partial charge in [-0.1, -0.05) is 60.7 Å². The molecule has 0 aliphatic carbocycles. The van der Waals surface area contributed by atoms with Crippen molar-refractivity contribution in [3.05, 3.63) is 190 Å². The van der Waals surface area contributed by atoms with E-state index in [1.807, 2.05) is 91.8 Å². The Morgan fingerprint density at radius 3 is 1.60 bits per heavy atom. The molecule has 4 aromatic heterocycles. The lowest BCUT2D eigenvalue weighted by Crippen LogP contribution is -2.59. The number of rotatable bonds is 9. The molecule has 286 valence electrons. The van der Waals surface area contributed by atoms with E-state index in [1.54, 1.807) is 24.5 Å². The summed E-state index contributed by atoms with van der Waals surface area (Å²) in [6.45, 7) is 4.99. The molecule has 1 saturated heterocycles. The van der Waals surface area contributed by atoms with E-state index < -0.39 is 5.54 Å². The van der Waals surface area contributed by atoms with Gasteiger partial charge in [0, 0.05) is 102 Å². The van der Waals surface area contributed by atoms with Crippen molar-refractivity contribution in [3.63, 3.8) is 0 Å². The maximum atomic E-state index is 15.4. The van der Waals surface area contributed by atoms with Gasteiger partial charge in [-0.25, -0.2) is 8.78 Å². The zero-order chi connectivity index (χ0) is 38.4. The number of amides is 1. The van der Waals surface area contributed by atoms with E-state index in [1.165, 1.54) is 12.1 Å². The minimum absolute atomic E-state index is 0. The highest BCUT2D eigenvalue weighted by Gasteiger charge is 2.49. The molecule has 1 fully saturated rings. The van der Waals surface area contributed by atoms with Crippen molar-refractivity contribution in [2.75, 3.05) is 19.6 Å². The largest absolute Gasteiger partial charge is 0.329 e. The number of benzene rings is 4. The van der Waals surface area contributed by atoms with E-state index in [4.69, 9.17) is 9.97 Å². The number of nitrogens with zero attached hydrogens (tertiary/aromatic N) is 5. The van der Waals surface area contributed by atoms with Gasteiger partial charge < -0.3 is 19.4 Å². The van der Waals surface area contributed by atoms with Crippen molar-refractivity contribution in [1.82, 2.24) is 29.3 Å². The molecule has 57 heavy (non-hydrogen) atoms. The number of hydrogen-bond acceptors (Lipinski definition) is 4. The molecule has 9 rings (SSSR count). The topological polar surface area (TPSA) is 68.0 Å². The number of nitrogens with one attached hydrogen (secondary N) is 1. The van der Waals surface area contributed by atoms with Crippen LogP contribution in [0.2, 0.25) is 0 Å². The lowest BCUT2D eigenvalue weighted by atomic mass is 9.75. The molecule has 5 heterocycles. The Labute approximate surface area is 336 Å². The molecule has 10 heteroatoms. The summed E-state index contributed by atoms with van der Waals surface area (Å²) in [4.78, 5) is 25.2. The van der Waals surface area contributed by atoms with Gasteiger partial charge in [0.25, 0.3) is 0 Å². The Morgan fingerprint density at radius 1 is 0.667 bits per heavy atom. The average molecular weight is 779 g/mol. The molecule has 0 saturated carbocycles. The van der Waals surface area contributed by atoms with Gasteiger partial charge in [-0.3, -0.25) is 14.8 Å². The Kier molecular flexibility index (Phi) is 10.2. The van der Waals surface area contributed by atoms with Crippen LogP contribution in [0.4, 0.5) is 8.78 Å². The van der Waals surface area contributed by atoms with E-state index in [2.05, 4.69) is 38.7 Å². The molecule has 1 N–H and O–H groups in total. The molecule has 0 atom stereocenters. The Hall–Kier alpha value is -6.16. The molecule has 0 spiro atoms. The first-order valence-electron chi connectivity index (χ1n) is 18.9. The second-order valence-corrected chi connectivity index (χ2v) is 14.5. The third-order valence-corrected chi connectivity index (χ3v) is 11.6. The number of pyridine rings is 2. The first-order chi connectivity index (χ1) is 27.4. The van der Waals surface area contributed by atoms with Gasteiger partial charge >= 0.3 is 0 Å². The van der Waals surface area contributed by atoms with Crippen LogP contribution in [0.5, 0.6) is 0 Å². The van der Waals surface area contributed by atoms with E-state index in [0.29, 0.717) is 43.6 Å². The predicted molar refractivity (Wildman–Crippen MR) is 224 cm³/mol. The zero-order valence-electron chi connectivity index (χ0n) is 31.6. The summed E-state index contributed by atoms with van der Waals surface area (Å²) in [6, 6.07) is 34.7. The maximum absolute atomic E-state index is 15.4. The molecule has 0 bridgehead atoms. The first-order valence-corrected chi connectivity index (χ1v) is 18.9. The van der Waals surface area contributed by atoms with Crippen LogP contribution in [0.1, 0.15) is 44.8 Å². The average Bonchev–Trinajstić information content (AvgIpc) is 3.74. The lowest BCUT2D eigenvalue weighted by molar-refractivity contribution is -0.124. The summed E-state index contributed by atoms with van der Waals surface area (Å²) in [5.41, 5.74) is 8.92. The number of para-hydroxylation sites is 2. The fourth-order valence-corrected chi connectivity index (χ4v) is 8.92. The Balaban J connectivity index is 0.00000455. The van der Waals surface area contributed by atoms with Crippen molar-refractivity contribution >= 4 is 40.6 Å². The summed E-state index contributed by atoms with van der Waals surface area (Å²) < 4.78 is 35.2. The van der Waals surface area contributed by atoms with Crippen LogP contribution >= 0.6 is 12.4 Å². The van der Waals surface area contributed by atoms with Gasteiger partial charge in [0.1, 0.15) is 17.2 Å². The fraction of sp³-hybridized carbons (Fsp3) is 0.170. The van der Waals surface area contributed by atoms with Crippen LogP contribution in [0, 0.1) is 25.5 Å². The number of hydrogen-bond donors (Lipinski definition) is 1. The summed E-state index contributed by atoms with van der Waals surface area (Å²) in [5, 5.41) is 5.45. The maximum Gasteiger partial charge on any atom is 0.210 e. The Morgan fingerprint density at radius 2 is 1.14 bits per heavy atom. The predicted octanol–water partition coefficient (Wildman–Crippen LogP) is 9.17. The third kappa shape index (κ3) is 6.18. The summed E-state index contributed by atoms with van der Waals surface area (Å²) >= 11 is 0. The van der Waals surface area contributed by atoms with Crippen LogP contribution in [0.3, 0.4) is 0 Å². The number of aromatic nitrogens is 4. The molecule has 8 aromatic rings. The highest BCUT2D eigenvalue weighted by atomic mass is 35.5. The van der Waals surface area contributed by atoms with Crippen molar-refractivity contribution in [2.45, 2.75) is 32.2 Å². The molecular formula is C47H41ClF2N6O. The quantitative estimate of drug-likeness (QED) is 0.149. The van der Waals surface area contributed by atoms with E-state index in [-0.39, 0.29) is 24.0 Å². The Bertz CT molecular complexity index is 2570. The van der Waals surface area contributed by atoms with Crippen molar-refractivity contribution in [2.24, 2.45) is 0 Å². The van der Waals surface area contributed by atoms with Crippen molar-refractivity contribution in [3.8, 4) is 11.4 Å². The van der Waals surface area contributed by atoms with Crippen LogP contribution < -0.4 is 5.32 Å². The lowest BCUT2D eigenvalue weighted by Gasteiger charge is -2.47. The second-order valence-electron chi connectivity index (χ2n) is 14.5. The number of carbonyl (C=O) groups excluding carboxylic acids is 1. The van der Waals surface area contributed by atoms with E-state index in [0.717, 1.165) is 73.2 Å². The fourth-order valence-electron chi connectivity index (χ4n) is 8.92. The third-order valence-electron chi connectivity index (χ3n) is 11.6. The molecule has 1 aliphatic heterocycles. The molecular weight excluding hydrogens is 738 g/mol. The van der Waals surface area contributed by atoms with Gasteiger partial charge in [0.15, 0.2) is 0 Å². The normalized spacial score (nSPS) is 13.9. The molecule has 1 amide bonds. The molecule has 0 radical (unpaired) electrons. The summed E-state index contributed by atoms with van der Waals surface area (Å²) in [7, 11) is 0. The van der Waals surface area contributed by atoms with Gasteiger partial charge in [-0.2, -0.15) is 0 Å². The van der Waals surface area contributed by atoms with Gasteiger partial charge in [0.2, 0.25) is 6.41 Å². The van der Waals surface area contributed by atoms with Gasteiger partial charge in [0.05, 0.1) is 11.0 Å². The molecule has 1 aliphatic rings. The smallest absolute Gasteiger partial charge is 0.210 e. The van der Waals surface area contributed by atoms with Crippen molar-refractivity contribution in [1.29, 1.82) is 0 Å². The van der Waals surface area contributed by atoms with E-state index in [9.17, 15) is 4.79 Å². The second kappa shape index (κ2) is 15.4. The monoisotopic (exact) mass is 778 g/mol. The standard InChI is InChI=1S/C47H40F2N6O.ClH/c1-31-33(11-9-17-39(31)48)25-43-45(37-27-50-21-19-41(37)54(43)35-13-5-3-6-14-35)47(29-52-23-24-53(47)30-56)46-38-28-51-22-20-42(38)55(36-15-7-4-8-16-36)44(46)26-34-12-10-18-40(49)32(34)2;/h3-22,27-28,30,52H,23-26,29H2,1-2H3;1H. The summed E-state index contributed by atoms with van der Waals surface area (Å²) in [6.07, 6.45) is 9.03. The molecule has 4 aromatic carbocycles. The van der Waals surface area contributed by atoms with Crippen LogP contribution in [0.15, 0.2) is 134 Å². The number of piperazine rings is 1. The highest BCUT2D eigenvalue weighted by molar-refractivity contribution is 5.94. The molecule has 0 unspecified atom stereocenters. The first kappa shape index (κ1) is 37.7. The number of fused-ring (bicyclic) bond motifs is 2. The van der Waals surface area contributed by atoms with Crippen LogP contribution in [0.25, 0.3) is 33.2 Å². The minimum atomic E-state index is -1.14. The van der Waals surface area contributed by atoms with Gasteiger partial charge in [-0.05, 0) is 84.6 Å². The highest BCUT2D eigenvalue weighted by Crippen LogP contribution is 2.49. The summed E-state index contributed by atoms with van der Waals surface area (Å²) in [5.74, 6) is -0.553. The van der Waals surface area contributed by atoms with Gasteiger partial charge in [-0.15, -0.1) is 12.4 Å².